The lowest BCUT2D eigenvalue weighted by Gasteiger charge is -2.12. The summed E-state index contributed by atoms with van der Waals surface area (Å²) in [5.74, 6) is 0.840. The van der Waals surface area contributed by atoms with Crippen LogP contribution in [-0.4, -0.2) is 50.3 Å². The zero-order valence-corrected chi connectivity index (χ0v) is 13.1. The smallest absolute Gasteiger partial charge is 0.321 e. The molecular weight excluding hydrogens is 282 g/mol. The molecule has 20 heavy (non-hydrogen) atoms. The van der Waals surface area contributed by atoms with E-state index < -0.39 is 10.0 Å². The van der Waals surface area contributed by atoms with Crippen LogP contribution in [0.4, 0.5) is 5.95 Å². The van der Waals surface area contributed by atoms with Gasteiger partial charge in [-0.3, -0.25) is 0 Å². The summed E-state index contributed by atoms with van der Waals surface area (Å²) in [5, 5.41) is 0. The minimum atomic E-state index is -3.30. The number of anilines is 1. The first-order valence-electron chi connectivity index (χ1n) is 6.31. The fourth-order valence-corrected chi connectivity index (χ4v) is 2.50. The topological polar surface area (TPSA) is 97.3 Å². The molecule has 9 heteroatoms. The molecule has 0 atom stereocenters. The maximum atomic E-state index is 11.7. The summed E-state index contributed by atoms with van der Waals surface area (Å²) < 4.78 is 30.9. The van der Waals surface area contributed by atoms with Crippen molar-refractivity contribution in [2.45, 2.75) is 26.3 Å². The van der Waals surface area contributed by atoms with Crippen LogP contribution in [0.5, 0.6) is 6.01 Å². The summed E-state index contributed by atoms with van der Waals surface area (Å²) in [5.41, 5.74) is 0. The van der Waals surface area contributed by atoms with Gasteiger partial charge in [-0.15, -0.1) is 0 Å². The minimum Gasteiger partial charge on any atom is -0.467 e. The van der Waals surface area contributed by atoms with E-state index in [1.165, 1.54) is 7.11 Å². The van der Waals surface area contributed by atoms with Crippen LogP contribution in [-0.2, 0) is 16.6 Å². The SMILES string of the molecule is CCCCS(=O)(=O)NCc1nc(OC)nc(N(C)C)n1. The van der Waals surface area contributed by atoms with Gasteiger partial charge < -0.3 is 9.64 Å². The highest BCUT2D eigenvalue weighted by Gasteiger charge is 2.13. The largest absolute Gasteiger partial charge is 0.467 e. The van der Waals surface area contributed by atoms with Crippen molar-refractivity contribution >= 4 is 16.0 Å². The van der Waals surface area contributed by atoms with Crippen LogP contribution in [0.25, 0.3) is 0 Å². The van der Waals surface area contributed by atoms with Gasteiger partial charge in [0.1, 0.15) is 0 Å². The van der Waals surface area contributed by atoms with Crippen LogP contribution in [0.1, 0.15) is 25.6 Å². The number of hydrogen-bond donors (Lipinski definition) is 1. The maximum absolute atomic E-state index is 11.7. The molecule has 0 aliphatic heterocycles. The summed E-state index contributed by atoms with van der Waals surface area (Å²) in [6.45, 7) is 1.96. The van der Waals surface area contributed by atoms with Crippen LogP contribution < -0.4 is 14.4 Å². The van der Waals surface area contributed by atoms with Gasteiger partial charge >= 0.3 is 6.01 Å². The van der Waals surface area contributed by atoms with E-state index in [1.54, 1.807) is 19.0 Å². The molecular formula is C11H21N5O3S. The number of unbranched alkanes of at least 4 members (excludes halogenated alkanes) is 1. The molecule has 0 aliphatic rings. The normalized spacial score (nSPS) is 11.4. The summed E-state index contributed by atoms with van der Waals surface area (Å²) >= 11 is 0. The van der Waals surface area contributed by atoms with Crippen molar-refractivity contribution in [1.82, 2.24) is 19.7 Å². The third kappa shape index (κ3) is 5.25. The molecule has 0 radical (unpaired) electrons. The lowest BCUT2D eigenvalue weighted by atomic mass is 10.4. The molecule has 114 valence electrons. The van der Waals surface area contributed by atoms with E-state index in [4.69, 9.17) is 4.74 Å². The average Bonchev–Trinajstić information content (AvgIpc) is 2.42. The molecule has 0 aromatic carbocycles. The molecule has 0 bridgehead atoms. The predicted octanol–water partition coefficient (Wildman–Crippen LogP) is 0.166. The van der Waals surface area contributed by atoms with Gasteiger partial charge in [0.05, 0.1) is 19.4 Å². The van der Waals surface area contributed by atoms with Crippen molar-refractivity contribution in [1.29, 1.82) is 0 Å². The highest BCUT2D eigenvalue weighted by Crippen LogP contribution is 2.09. The summed E-state index contributed by atoms with van der Waals surface area (Å²) in [6.07, 6.45) is 1.45. The number of ether oxygens (including phenoxy) is 1. The lowest BCUT2D eigenvalue weighted by Crippen LogP contribution is -2.27. The highest BCUT2D eigenvalue weighted by molar-refractivity contribution is 7.89. The summed E-state index contributed by atoms with van der Waals surface area (Å²) in [4.78, 5) is 13.9. The number of hydrogen-bond acceptors (Lipinski definition) is 7. The average molecular weight is 303 g/mol. The Kier molecular flexibility index (Phi) is 6.08. The predicted molar refractivity (Wildman–Crippen MR) is 76.2 cm³/mol. The fraction of sp³-hybridized carbons (Fsp3) is 0.727. The first kappa shape index (κ1) is 16.6. The van der Waals surface area contributed by atoms with Crippen LogP contribution in [0, 0.1) is 0 Å². The molecule has 1 aromatic rings. The minimum absolute atomic E-state index is 0.0196. The third-order valence-electron chi connectivity index (χ3n) is 2.45. The van der Waals surface area contributed by atoms with Crippen molar-refractivity contribution in [2.24, 2.45) is 0 Å². The van der Waals surface area contributed by atoms with Gasteiger partial charge in [-0.1, -0.05) is 13.3 Å². The van der Waals surface area contributed by atoms with Gasteiger partial charge in [-0.05, 0) is 6.42 Å². The number of nitrogens with one attached hydrogen (secondary N) is 1. The van der Waals surface area contributed by atoms with E-state index in [0.717, 1.165) is 6.42 Å². The standard InChI is InChI=1S/C11H21N5O3S/c1-5-6-7-20(17,18)12-8-9-13-10(16(2)3)15-11(14-9)19-4/h12H,5-8H2,1-4H3. The number of methoxy groups -OCH3 is 1. The van der Waals surface area contributed by atoms with E-state index in [9.17, 15) is 8.42 Å². The molecule has 1 heterocycles. The lowest BCUT2D eigenvalue weighted by molar-refractivity contribution is 0.375. The second kappa shape index (κ2) is 7.34. The Morgan fingerprint density at radius 2 is 1.95 bits per heavy atom. The second-order valence-electron chi connectivity index (χ2n) is 4.43. The van der Waals surface area contributed by atoms with Crippen molar-refractivity contribution in [2.75, 3.05) is 31.9 Å². The third-order valence-corrected chi connectivity index (χ3v) is 3.86. The molecule has 0 fully saturated rings. The molecule has 1 aromatic heterocycles. The van der Waals surface area contributed by atoms with Crippen molar-refractivity contribution in [3.8, 4) is 6.01 Å². The van der Waals surface area contributed by atoms with Crippen LogP contribution in [0.3, 0.4) is 0 Å². The van der Waals surface area contributed by atoms with Crippen molar-refractivity contribution in [3.05, 3.63) is 5.82 Å². The summed E-state index contributed by atoms with van der Waals surface area (Å²) in [6, 6.07) is 0.159. The molecule has 0 aliphatic carbocycles. The molecule has 0 amide bonds. The number of aromatic nitrogens is 3. The molecule has 8 nitrogen and oxygen atoms in total. The Labute approximate surface area is 119 Å². The summed E-state index contributed by atoms with van der Waals surface area (Å²) in [7, 11) is 1.71. The fourth-order valence-electron chi connectivity index (χ4n) is 1.34. The second-order valence-corrected chi connectivity index (χ2v) is 6.35. The maximum Gasteiger partial charge on any atom is 0.321 e. The Hall–Kier alpha value is -1.48. The zero-order chi connectivity index (χ0) is 15.2. The molecule has 1 N–H and O–H groups in total. The van der Waals surface area contributed by atoms with E-state index in [0.29, 0.717) is 18.2 Å². The van der Waals surface area contributed by atoms with Gasteiger partial charge in [0.2, 0.25) is 16.0 Å². The van der Waals surface area contributed by atoms with Gasteiger partial charge in [-0.25, -0.2) is 13.1 Å². The van der Waals surface area contributed by atoms with Crippen LogP contribution in [0.2, 0.25) is 0 Å². The molecule has 0 unspecified atom stereocenters. The first-order valence-corrected chi connectivity index (χ1v) is 7.96. The molecule has 0 saturated carbocycles. The molecule has 1 rings (SSSR count). The monoisotopic (exact) mass is 303 g/mol. The van der Waals surface area contributed by atoms with Crippen molar-refractivity contribution < 1.29 is 13.2 Å². The van der Waals surface area contributed by atoms with Crippen LogP contribution >= 0.6 is 0 Å². The van der Waals surface area contributed by atoms with E-state index >= 15 is 0 Å². The Morgan fingerprint density at radius 1 is 1.25 bits per heavy atom. The molecule has 0 saturated heterocycles. The van der Waals surface area contributed by atoms with Gasteiger partial charge in [0.15, 0.2) is 5.82 Å². The highest BCUT2D eigenvalue weighted by atomic mass is 32.2. The van der Waals surface area contributed by atoms with E-state index in [-0.39, 0.29) is 18.3 Å². The van der Waals surface area contributed by atoms with Crippen molar-refractivity contribution in [3.63, 3.8) is 0 Å². The molecule has 0 spiro atoms. The van der Waals surface area contributed by atoms with Gasteiger partial charge in [0.25, 0.3) is 0 Å². The van der Waals surface area contributed by atoms with Gasteiger partial charge in [-0.2, -0.15) is 15.0 Å². The Morgan fingerprint density at radius 3 is 2.50 bits per heavy atom. The Bertz CT molecular complexity index is 533. The van der Waals surface area contributed by atoms with E-state index in [1.807, 2.05) is 6.92 Å². The quantitative estimate of drug-likeness (QED) is 0.731. The Balaban J connectivity index is 2.79. The van der Waals surface area contributed by atoms with E-state index in [2.05, 4.69) is 19.7 Å². The van der Waals surface area contributed by atoms with Gasteiger partial charge in [0, 0.05) is 14.1 Å². The number of sulfonamides is 1. The van der Waals surface area contributed by atoms with Crippen LogP contribution in [0.15, 0.2) is 0 Å². The zero-order valence-electron chi connectivity index (χ0n) is 12.3. The first-order chi connectivity index (χ1) is 9.38. The number of rotatable bonds is 8. The number of nitrogens with zero attached hydrogens (tertiary/aromatic N) is 4.